The Balaban J connectivity index is 1.92. The number of hydrogen-bond donors (Lipinski definition) is 2. The number of nitrogens with one attached hydrogen (secondary N) is 2. The molecular formula is C16H19N3O2. The highest BCUT2D eigenvalue weighted by atomic mass is 16.5. The molecule has 0 spiro atoms. The number of ether oxygens (including phenoxy) is 1. The van der Waals surface area contributed by atoms with Gasteiger partial charge in [0.05, 0.1) is 12.7 Å². The van der Waals surface area contributed by atoms with Crippen molar-refractivity contribution in [3.05, 3.63) is 53.9 Å². The van der Waals surface area contributed by atoms with Crippen LogP contribution >= 0.6 is 0 Å². The zero-order valence-corrected chi connectivity index (χ0v) is 12.2. The Morgan fingerprint density at radius 3 is 2.95 bits per heavy atom. The van der Waals surface area contributed by atoms with Crippen LogP contribution in [-0.4, -0.2) is 31.6 Å². The highest BCUT2D eigenvalue weighted by Crippen LogP contribution is 2.14. The maximum Gasteiger partial charge on any atom is 0.254 e. The molecule has 0 bridgehead atoms. The number of pyridine rings is 1. The Hall–Kier alpha value is -2.56. The van der Waals surface area contributed by atoms with Crippen LogP contribution < -0.4 is 15.4 Å². The summed E-state index contributed by atoms with van der Waals surface area (Å²) in [6, 6.07) is 9.59. The molecule has 2 aromatic rings. The molecule has 2 rings (SSSR count). The van der Waals surface area contributed by atoms with Crippen LogP contribution in [0.15, 0.2) is 42.7 Å². The van der Waals surface area contributed by atoms with E-state index in [-0.39, 0.29) is 5.91 Å². The summed E-state index contributed by atoms with van der Waals surface area (Å²) in [5.74, 6) is 0.693. The number of carbonyl (C=O) groups excluding carboxylic acids is 1. The van der Waals surface area contributed by atoms with E-state index in [1.807, 2.05) is 24.3 Å². The van der Waals surface area contributed by atoms with Crippen molar-refractivity contribution in [2.24, 2.45) is 0 Å². The first-order chi connectivity index (χ1) is 10.2. The highest BCUT2D eigenvalue weighted by Gasteiger charge is 2.09. The molecule has 1 aromatic carbocycles. The van der Waals surface area contributed by atoms with E-state index in [4.69, 9.17) is 4.74 Å². The minimum absolute atomic E-state index is 0.129. The van der Waals surface area contributed by atoms with Crippen molar-refractivity contribution in [1.82, 2.24) is 10.3 Å². The lowest BCUT2D eigenvalue weighted by Crippen LogP contribution is -2.26. The largest absolute Gasteiger partial charge is 0.497 e. The molecule has 1 heterocycles. The fraction of sp³-hybridized carbons (Fsp3) is 0.250. The average molecular weight is 285 g/mol. The molecule has 0 unspecified atom stereocenters. The number of aromatic nitrogens is 1. The second kappa shape index (κ2) is 7.28. The second-order valence-electron chi connectivity index (χ2n) is 4.53. The minimum Gasteiger partial charge on any atom is -0.497 e. The summed E-state index contributed by atoms with van der Waals surface area (Å²) in [5, 5.41) is 5.88. The van der Waals surface area contributed by atoms with Gasteiger partial charge in [0.2, 0.25) is 0 Å². The van der Waals surface area contributed by atoms with Gasteiger partial charge in [-0.3, -0.25) is 9.78 Å². The number of anilines is 1. The third-order valence-corrected chi connectivity index (χ3v) is 3.17. The Bertz CT molecular complexity index is 614. The fourth-order valence-electron chi connectivity index (χ4n) is 2.04. The molecule has 0 saturated heterocycles. The summed E-state index contributed by atoms with van der Waals surface area (Å²) in [6.45, 7) is 0.560. The Morgan fingerprint density at radius 1 is 1.33 bits per heavy atom. The quantitative estimate of drug-likeness (QED) is 0.853. The molecule has 0 fully saturated rings. The van der Waals surface area contributed by atoms with Crippen LogP contribution in [0.3, 0.4) is 0 Å². The lowest BCUT2D eigenvalue weighted by atomic mass is 10.1. The predicted octanol–water partition coefficient (Wildman–Crippen LogP) is 2.10. The number of rotatable bonds is 6. The van der Waals surface area contributed by atoms with E-state index in [0.29, 0.717) is 12.1 Å². The second-order valence-corrected chi connectivity index (χ2v) is 4.53. The molecule has 0 radical (unpaired) electrons. The monoisotopic (exact) mass is 285 g/mol. The summed E-state index contributed by atoms with van der Waals surface area (Å²) in [5.41, 5.74) is 2.43. The zero-order valence-electron chi connectivity index (χ0n) is 12.2. The van der Waals surface area contributed by atoms with Gasteiger partial charge in [-0.15, -0.1) is 0 Å². The van der Waals surface area contributed by atoms with Crippen molar-refractivity contribution in [1.29, 1.82) is 0 Å². The Labute approximate surface area is 124 Å². The molecule has 1 aromatic heterocycles. The van der Waals surface area contributed by atoms with E-state index in [9.17, 15) is 4.79 Å². The number of carbonyl (C=O) groups is 1. The van der Waals surface area contributed by atoms with E-state index in [1.54, 1.807) is 32.6 Å². The van der Waals surface area contributed by atoms with E-state index < -0.39 is 0 Å². The van der Waals surface area contributed by atoms with Crippen LogP contribution in [0.1, 0.15) is 15.9 Å². The van der Waals surface area contributed by atoms with Crippen molar-refractivity contribution >= 4 is 11.6 Å². The Kier molecular flexibility index (Phi) is 5.15. The number of benzene rings is 1. The van der Waals surface area contributed by atoms with Crippen LogP contribution in [0, 0.1) is 0 Å². The van der Waals surface area contributed by atoms with E-state index >= 15 is 0 Å². The molecule has 1 amide bonds. The van der Waals surface area contributed by atoms with Crippen LogP contribution in [0.5, 0.6) is 5.75 Å². The third kappa shape index (κ3) is 3.95. The van der Waals surface area contributed by atoms with Crippen molar-refractivity contribution in [3.63, 3.8) is 0 Å². The van der Waals surface area contributed by atoms with Gasteiger partial charge in [-0.2, -0.15) is 0 Å². The van der Waals surface area contributed by atoms with Crippen molar-refractivity contribution in [2.75, 3.05) is 26.0 Å². The van der Waals surface area contributed by atoms with Crippen molar-refractivity contribution in [2.45, 2.75) is 6.42 Å². The number of amides is 1. The third-order valence-electron chi connectivity index (χ3n) is 3.17. The van der Waals surface area contributed by atoms with Crippen LogP contribution in [-0.2, 0) is 6.42 Å². The SMILES string of the molecule is CNc1ccncc1C(=O)NCCc1cccc(OC)c1. The molecule has 2 N–H and O–H groups in total. The number of methoxy groups -OCH3 is 1. The molecule has 0 atom stereocenters. The molecular weight excluding hydrogens is 266 g/mol. The Morgan fingerprint density at radius 2 is 2.19 bits per heavy atom. The molecule has 5 heteroatoms. The maximum absolute atomic E-state index is 12.1. The smallest absolute Gasteiger partial charge is 0.254 e. The van der Waals surface area contributed by atoms with Gasteiger partial charge in [-0.05, 0) is 30.2 Å². The normalized spacial score (nSPS) is 10.0. The van der Waals surface area contributed by atoms with Crippen LogP contribution in [0.25, 0.3) is 0 Å². The lowest BCUT2D eigenvalue weighted by Gasteiger charge is -2.09. The van der Waals surface area contributed by atoms with E-state index in [1.165, 1.54) is 0 Å². The molecule has 0 aliphatic heterocycles. The predicted molar refractivity (Wildman–Crippen MR) is 82.8 cm³/mol. The van der Waals surface area contributed by atoms with Gasteiger partial charge in [0, 0.05) is 31.7 Å². The first kappa shape index (κ1) is 14.8. The zero-order chi connectivity index (χ0) is 15.1. The van der Waals surface area contributed by atoms with Crippen molar-refractivity contribution < 1.29 is 9.53 Å². The van der Waals surface area contributed by atoms with Gasteiger partial charge < -0.3 is 15.4 Å². The van der Waals surface area contributed by atoms with Crippen LogP contribution in [0.4, 0.5) is 5.69 Å². The molecule has 0 aliphatic carbocycles. The minimum atomic E-state index is -0.129. The number of hydrogen-bond acceptors (Lipinski definition) is 4. The van der Waals surface area contributed by atoms with E-state index in [0.717, 1.165) is 23.4 Å². The van der Waals surface area contributed by atoms with Crippen molar-refractivity contribution in [3.8, 4) is 5.75 Å². The topological polar surface area (TPSA) is 63.2 Å². The van der Waals surface area contributed by atoms with Gasteiger partial charge >= 0.3 is 0 Å². The first-order valence-electron chi connectivity index (χ1n) is 6.77. The van der Waals surface area contributed by atoms with Gasteiger partial charge in [0.15, 0.2) is 0 Å². The molecule has 5 nitrogen and oxygen atoms in total. The van der Waals surface area contributed by atoms with Gasteiger partial charge in [-0.1, -0.05) is 12.1 Å². The van der Waals surface area contributed by atoms with Gasteiger partial charge in [-0.25, -0.2) is 0 Å². The highest BCUT2D eigenvalue weighted by molar-refractivity contribution is 5.99. The molecule has 110 valence electrons. The summed E-state index contributed by atoms with van der Waals surface area (Å²) in [7, 11) is 3.42. The average Bonchev–Trinajstić information content (AvgIpc) is 2.55. The molecule has 0 aliphatic rings. The van der Waals surface area contributed by atoms with E-state index in [2.05, 4.69) is 15.6 Å². The molecule has 0 saturated carbocycles. The van der Waals surface area contributed by atoms with Gasteiger partial charge in [0.25, 0.3) is 5.91 Å². The molecule has 21 heavy (non-hydrogen) atoms. The summed E-state index contributed by atoms with van der Waals surface area (Å²) >= 11 is 0. The maximum atomic E-state index is 12.1. The summed E-state index contributed by atoms with van der Waals surface area (Å²) < 4.78 is 5.18. The summed E-state index contributed by atoms with van der Waals surface area (Å²) in [6.07, 6.45) is 3.96. The van der Waals surface area contributed by atoms with Gasteiger partial charge in [0.1, 0.15) is 5.75 Å². The standard InChI is InChI=1S/C16H19N3O2/c1-17-15-7-8-18-11-14(15)16(20)19-9-6-12-4-3-5-13(10-12)21-2/h3-5,7-8,10-11H,6,9H2,1-2H3,(H,17,18)(H,19,20). The fourth-order valence-corrected chi connectivity index (χ4v) is 2.04. The number of nitrogens with zero attached hydrogens (tertiary/aromatic N) is 1. The lowest BCUT2D eigenvalue weighted by molar-refractivity contribution is 0.0954. The summed E-state index contributed by atoms with van der Waals surface area (Å²) in [4.78, 5) is 16.1. The first-order valence-corrected chi connectivity index (χ1v) is 6.77. The van der Waals surface area contributed by atoms with Crippen LogP contribution in [0.2, 0.25) is 0 Å².